The molecule has 1 fully saturated rings. The smallest absolute Gasteiger partial charge is 0.185 e. The van der Waals surface area contributed by atoms with Crippen LogP contribution >= 0.6 is 11.3 Å². The molecule has 16 heavy (non-hydrogen) atoms. The predicted molar refractivity (Wildman–Crippen MR) is 67.1 cm³/mol. The Morgan fingerprint density at radius 3 is 3.12 bits per heavy atom. The topological polar surface area (TPSA) is 37.4 Å². The third kappa shape index (κ3) is 3.17. The van der Waals surface area contributed by atoms with Gasteiger partial charge < -0.3 is 15.0 Å². The monoisotopic (exact) mass is 241 g/mol. The number of hydrogen-bond donors (Lipinski definition) is 1. The number of anilines is 1. The van der Waals surface area contributed by atoms with Crippen molar-refractivity contribution in [3.05, 3.63) is 11.1 Å². The van der Waals surface area contributed by atoms with Gasteiger partial charge in [-0.05, 0) is 12.8 Å². The second kappa shape index (κ2) is 5.61. The van der Waals surface area contributed by atoms with Crippen molar-refractivity contribution in [3.63, 3.8) is 0 Å². The fraction of sp³-hybridized carbons (Fsp3) is 0.727. The molecular formula is C11H19N3OS. The number of ether oxygens (including phenoxy) is 1. The first-order valence-corrected chi connectivity index (χ1v) is 6.50. The molecule has 0 saturated carbocycles. The molecule has 1 aromatic heterocycles. The summed E-state index contributed by atoms with van der Waals surface area (Å²) in [4.78, 5) is 7.68. The quantitative estimate of drug-likeness (QED) is 0.866. The fourth-order valence-corrected chi connectivity index (χ4v) is 2.52. The van der Waals surface area contributed by atoms with E-state index < -0.39 is 0 Å². The number of nitrogens with zero attached hydrogens (tertiary/aromatic N) is 2. The summed E-state index contributed by atoms with van der Waals surface area (Å²) in [5, 5.41) is 4.58. The van der Waals surface area contributed by atoms with Crippen LogP contribution in [0.5, 0.6) is 0 Å². The first kappa shape index (κ1) is 11.8. The Labute approximate surface area is 101 Å². The summed E-state index contributed by atoms with van der Waals surface area (Å²) in [6, 6.07) is 0.513. The SMILES string of the molecule is CN(C)c1ncc(CNC2CCCOC2)s1. The van der Waals surface area contributed by atoms with E-state index in [9.17, 15) is 0 Å². The van der Waals surface area contributed by atoms with Gasteiger partial charge in [-0.25, -0.2) is 4.98 Å². The maximum absolute atomic E-state index is 5.43. The van der Waals surface area contributed by atoms with E-state index in [0.29, 0.717) is 6.04 Å². The summed E-state index contributed by atoms with van der Waals surface area (Å²) < 4.78 is 5.43. The van der Waals surface area contributed by atoms with Crippen molar-refractivity contribution >= 4 is 16.5 Å². The molecule has 1 atom stereocenters. The van der Waals surface area contributed by atoms with Crippen LogP contribution in [-0.2, 0) is 11.3 Å². The summed E-state index contributed by atoms with van der Waals surface area (Å²) >= 11 is 1.74. The maximum Gasteiger partial charge on any atom is 0.185 e. The highest BCUT2D eigenvalue weighted by atomic mass is 32.1. The van der Waals surface area contributed by atoms with Crippen LogP contribution in [0.1, 0.15) is 17.7 Å². The highest BCUT2D eigenvalue weighted by Crippen LogP contribution is 2.20. The molecule has 5 heteroatoms. The Morgan fingerprint density at radius 1 is 1.62 bits per heavy atom. The second-order valence-electron chi connectivity index (χ2n) is 4.30. The van der Waals surface area contributed by atoms with Crippen LogP contribution in [-0.4, -0.2) is 38.3 Å². The lowest BCUT2D eigenvalue weighted by atomic mass is 10.1. The Balaban J connectivity index is 1.79. The van der Waals surface area contributed by atoms with Crippen molar-refractivity contribution in [3.8, 4) is 0 Å². The minimum atomic E-state index is 0.513. The van der Waals surface area contributed by atoms with Gasteiger partial charge in [0.2, 0.25) is 0 Å². The Hall–Kier alpha value is -0.650. The lowest BCUT2D eigenvalue weighted by Gasteiger charge is -2.22. The average molecular weight is 241 g/mol. The van der Waals surface area contributed by atoms with Crippen LogP contribution in [0.15, 0.2) is 6.20 Å². The van der Waals surface area contributed by atoms with Crippen LogP contribution in [0.25, 0.3) is 0 Å². The van der Waals surface area contributed by atoms with Crippen molar-refractivity contribution in [1.29, 1.82) is 0 Å². The summed E-state index contributed by atoms with van der Waals surface area (Å²) in [5.41, 5.74) is 0. The largest absolute Gasteiger partial charge is 0.380 e. The third-order valence-electron chi connectivity index (χ3n) is 2.65. The van der Waals surface area contributed by atoms with Crippen molar-refractivity contribution in [2.45, 2.75) is 25.4 Å². The molecule has 2 rings (SSSR count). The van der Waals surface area contributed by atoms with Crippen molar-refractivity contribution in [2.75, 3.05) is 32.2 Å². The van der Waals surface area contributed by atoms with Gasteiger partial charge in [-0.3, -0.25) is 0 Å². The highest BCUT2D eigenvalue weighted by molar-refractivity contribution is 7.15. The van der Waals surface area contributed by atoms with E-state index in [1.54, 1.807) is 11.3 Å². The van der Waals surface area contributed by atoms with E-state index >= 15 is 0 Å². The Kier molecular flexibility index (Phi) is 4.15. The molecule has 1 aliphatic heterocycles. The van der Waals surface area contributed by atoms with Gasteiger partial charge in [0.15, 0.2) is 5.13 Å². The number of thiazole rings is 1. The molecule has 0 amide bonds. The van der Waals surface area contributed by atoms with Gasteiger partial charge in [0, 0.05) is 44.4 Å². The second-order valence-corrected chi connectivity index (χ2v) is 5.39. The zero-order valence-electron chi connectivity index (χ0n) is 9.90. The number of rotatable bonds is 4. The average Bonchev–Trinajstić information content (AvgIpc) is 2.76. The first-order chi connectivity index (χ1) is 7.75. The molecule has 1 saturated heterocycles. The van der Waals surface area contributed by atoms with Crippen molar-refractivity contribution in [1.82, 2.24) is 10.3 Å². The number of hydrogen-bond acceptors (Lipinski definition) is 5. The minimum absolute atomic E-state index is 0.513. The van der Waals surface area contributed by atoms with Gasteiger partial charge in [-0.15, -0.1) is 11.3 Å². The lowest BCUT2D eigenvalue weighted by molar-refractivity contribution is 0.0700. The van der Waals surface area contributed by atoms with Gasteiger partial charge in [-0.1, -0.05) is 0 Å². The molecule has 0 bridgehead atoms. The summed E-state index contributed by atoms with van der Waals surface area (Å²) in [5.74, 6) is 0. The van der Waals surface area contributed by atoms with Crippen LogP contribution in [0, 0.1) is 0 Å². The normalized spacial score (nSPS) is 21.0. The molecule has 90 valence electrons. The minimum Gasteiger partial charge on any atom is -0.380 e. The first-order valence-electron chi connectivity index (χ1n) is 5.69. The van der Waals surface area contributed by atoms with Gasteiger partial charge in [-0.2, -0.15) is 0 Å². The fourth-order valence-electron chi connectivity index (χ4n) is 1.73. The molecule has 0 radical (unpaired) electrons. The van der Waals surface area contributed by atoms with Gasteiger partial charge in [0.05, 0.1) is 6.61 Å². The molecular weight excluding hydrogens is 222 g/mol. The molecule has 4 nitrogen and oxygen atoms in total. The molecule has 1 N–H and O–H groups in total. The van der Waals surface area contributed by atoms with E-state index in [2.05, 4.69) is 10.3 Å². The molecule has 2 heterocycles. The van der Waals surface area contributed by atoms with Gasteiger partial charge in [0.1, 0.15) is 0 Å². The van der Waals surface area contributed by atoms with E-state index in [4.69, 9.17) is 4.74 Å². The molecule has 1 aromatic rings. The third-order valence-corrected chi connectivity index (χ3v) is 3.81. The van der Waals surface area contributed by atoms with Crippen LogP contribution in [0.4, 0.5) is 5.13 Å². The van der Waals surface area contributed by atoms with Gasteiger partial charge >= 0.3 is 0 Å². The van der Waals surface area contributed by atoms with E-state index in [0.717, 1.165) is 24.9 Å². The van der Waals surface area contributed by atoms with E-state index in [1.165, 1.54) is 17.7 Å². The molecule has 1 unspecified atom stereocenters. The van der Waals surface area contributed by atoms with Crippen molar-refractivity contribution in [2.24, 2.45) is 0 Å². The predicted octanol–water partition coefficient (Wildman–Crippen LogP) is 1.48. The molecule has 0 spiro atoms. The highest BCUT2D eigenvalue weighted by Gasteiger charge is 2.13. The van der Waals surface area contributed by atoms with Crippen LogP contribution in [0.3, 0.4) is 0 Å². The van der Waals surface area contributed by atoms with Gasteiger partial charge in [0.25, 0.3) is 0 Å². The van der Waals surface area contributed by atoms with Crippen LogP contribution < -0.4 is 10.2 Å². The zero-order valence-corrected chi connectivity index (χ0v) is 10.7. The van der Waals surface area contributed by atoms with Crippen molar-refractivity contribution < 1.29 is 4.74 Å². The lowest BCUT2D eigenvalue weighted by Crippen LogP contribution is -2.36. The standard InChI is InChI=1S/C11H19N3OS/c1-14(2)11-13-7-10(16-11)6-12-9-4-3-5-15-8-9/h7,9,12H,3-6,8H2,1-2H3. The number of nitrogens with one attached hydrogen (secondary N) is 1. The Morgan fingerprint density at radius 2 is 2.50 bits per heavy atom. The molecule has 0 aromatic carbocycles. The molecule has 1 aliphatic rings. The van der Waals surface area contributed by atoms with E-state index in [-0.39, 0.29) is 0 Å². The maximum atomic E-state index is 5.43. The summed E-state index contributed by atoms with van der Waals surface area (Å²) in [7, 11) is 4.04. The molecule has 0 aliphatic carbocycles. The Bertz CT molecular complexity index is 321. The zero-order chi connectivity index (χ0) is 11.4. The summed E-state index contributed by atoms with van der Waals surface area (Å²) in [6.45, 7) is 2.67. The summed E-state index contributed by atoms with van der Waals surface area (Å²) in [6.07, 6.45) is 4.35. The number of aromatic nitrogens is 1. The van der Waals surface area contributed by atoms with E-state index in [1.807, 2.05) is 25.2 Å². The van der Waals surface area contributed by atoms with Crippen LogP contribution in [0.2, 0.25) is 0 Å².